The summed E-state index contributed by atoms with van der Waals surface area (Å²) in [6.07, 6.45) is 1.17. The molecule has 1 fully saturated rings. The van der Waals surface area contributed by atoms with Crippen molar-refractivity contribution in [2.75, 3.05) is 31.6 Å². The predicted octanol–water partition coefficient (Wildman–Crippen LogP) is 3.12. The Morgan fingerprint density at radius 1 is 1.20 bits per heavy atom. The number of nitro benzene ring substituents is 1. The molecule has 11 nitrogen and oxygen atoms in total. The van der Waals surface area contributed by atoms with Crippen molar-refractivity contribution in [3.8, 4) is 5.75 Å². The highest BCUT2D eigenvalue weighted by atomic mass is 16.6. The minimum atomic E-state index is -0.892. The van der Waals surface area contributed by atoms with Crippen LogP contribution in [0.3, 0.4) is 0 Å². The van der Waals surface area contributed by atoms with Gasteiger partial charge in [-0.25, -0.2) is 4.79 Å². The molecule has 0 unspecified atom stereocenters. The Bertz CT molecular complexity index is 1100. The van der Waals surface area contributed by atoms with Crippen molar-refractivity contribution in [3.63, 3.8) is 0 Å². The van der Waals surface area contributed by atoms with E-state index in [-0.39, 0.29) is 17.5 Å². The summed E-state index contributed by atoms with van der Waals surface area (Å²) in [5.41, 5.74) is 1.05. The lowest BCUT2D eigenvalue weighted by Gasteiger charge is -2.39. The number of benzene rings is 1. The van der Waals surface area contributed by atoms with Gasteiger partial charge in [0, 0.05) is 43.9 Å². The number of aromatic nitrogens is 2. The molecule has 0 saturated carbocycles. The van der Waals surface area contributed by atoms with Crippen LogP contribution in [0.15, 0.2) is 24.3 Å². The summed E-state index contributed by atoms with van der Waals surface area (Å²) >= 11 is 0. The van der Waals surface area contributed by atoms with Gasteiger partial charge in [0.05, 0.1) is 42.1 Å². The summed E-state index contributed by atoms with van der Waals surface area (Å²) in [4.78, 5) is 26.9. The van der Waals surface area contributed by atoms with Crippen molar-refractivity contribution in [2.24, 2.45) is 0 Å². The largest absolute Gasteiger partial charge is 0.490 e. The van der Waals surface area contributed by atoms with Crippen LogP contribution in [0.4, 0.5) is 16.2 Å². The lowest BCUT2D eigenvalue weighted by atomic mass is 9.86. The molecule has 1 aromatic carbocycles. The summed E-state index contributed by atoms with van der Waals surface area (Å²) < 4.78 is 12.6. The molecule has 190 valence electrons. The first-order valence-corrected chi connectivity index (χ1v) is 11.8. The van der Waals surface area contributed by atoms with Gasteiger partial charge >= 0.3 is 11.8 Å². The molecular weight excluding hydrogens is 454 g/mol. The lowest BCUT2D eigenvalue weighted by molar-refractivity contribution is -0.385. The Morgan fingerprint density at radius 2 is 1.91 bits per heavy atom. The molecular formula is C24H33N5O6. The molecule has 0 aliphatic carbocycles. The highest BCUT2D eigenvalue weighted by Crippen LogP contribution is 2.34. The van der Waals surface area contributed by atoms with Crippen LogP contribution in [0.5, 0.6) is 5.75 Å². The van der Waals surface area contributed by atoms with Gasteiger partial charge in [-0.2, -0.15) is 5.10 Å². The quantitative estimate of drug-likeness (QED) is 0.504. The number of hydrogen-bond donors (Lipinski definition) is 1. The maximum atomic E-state index is 12.4. The van der Waals surface area contributed by atoms with Crippen LogP contribution in [0.1, 0.15) is 45.0 Å². The number of anilines is 1. The van der Waals surface area contributed by atoms with Crippen LogP contribution in [-0.4, -0.2) is 68.7 Å². The fourth-order valence-electron chi connectivity index (χ4n) is 4.60. The highest BCUT2D eigenvalue weighted by Gasteiger charge is 2.35. The fourth-order valence-corrected chi connectivity index (χ4v) is 4.60. The van der Waals surface area contributed by atoms with Crippen LogP contribution < -0.4 is 9.64 Å². The number of piperidine rings is 1. The molecule has 0 atom stereocenters. The summed E-state index contributed by atoms with van der Waals surface area (Å²) in [5.74, 6) is 0.220. The number of carbonyl (C=O) groups is 1. The van der Waals surface area contributed by atoms with E-state index in [2.05, 4.69) is 10.00 Å². The third kappa shape index (κ3) is 5.67. The summed E-state index contributed by atoms with van der Waals surface area (Å²) in [7, 11) is 1.41. The average molecular weight is 488 g/mol. The minimum absolute atomic E-state index is 0.0706. The Labute approximate surface area is 204 Å². The number of rotatable bonds is 5. The second kappa shape index (κ2) is 9.37. The van der Waals surface area contributed by atoms with Gasteiger partial charge in [0.25, 0.3) is 0 Å². The SMILES string of the molecule is COc1cc(N2CCC(O)(Cc3cc4n(n3)CCN(C(=O)OC(C)(C)C)C4)CC2)ccc1[N+](=O)[O-]. The Morgan fingerprint density at radius 3 is 2.54 bits per heavy atom. The third-order valence-corrected chi connectivity index (χ3v) is 6.43. The zero-order valence-corrected chi connectivity index (χ0v) is 20.7. The van der Waals surface area contributed by atoms with E-state index in [9.17, 15) is 20.0 Å². The van der Waals surface area contributed by atoms with Crippen molar-refractivity contribution < 1.29 is 24.3 Å². The fraction of sp³-hybridized carbons (Fsp3) is 0.583. The number of nitrogens with zero attached hydrogens (tertiary/aromatic N) is 5. The van der Waals surface area contributed by atoms with E-state index in [0.717, 1.165) is 17.1 Å². The van der Waals surface area contributed by atoms with Gasteiger partial charge in [-0.15, -0.1) is 0 Å². The smallest absolute Gasteiger partial charge is 0.410 e. The number of fused-ring (bicyclic) bond motifs is 1. The lowest BCUT2D eigenvalue weighted by Crippen LogP contribution is -2.45. The number of carbonyl (C=O) groups excluding carboxylic acids is 1. The maximum absolute atomic E-state index is 12.4. The topological polar surface area (TPSA) is 123 Å². The molecule has 2 aromatic rings. The van der Waals surface area contributed by atoms with E-state index in [4.69, 9.17) is 9.47 Å². The van der Waals surface area contributed by atoms with E-state index in [1.54, 1.807) is 17.0 Å². The molecule has 3 heterocycles. The Hall–Kier alpha value is -3.34. The van der Waals surface area contributed by atoms with E-state index in [1.165, 1.54) is 13.2 Å². The Kier molecular flexibility index (Phi) is 6.63. The van der Waals surface area contributed by atoms with Crippen LogP contribution in [0, 0.1) is 10.1 Å². The second-order valence-corrected chi connectivity index (χ2v) is 10.3. The van der Waals surface area contributed by atoms with Crippen molar-refractivity contribution in [1.82, 2.24) is 14.7 Å². The predicted molar refractivity (Wildman–Crippen MR) is 129 cm³/mol. The summed E-state index contributed by atoms with van der Waals surface area (Å²) in [6, 6.07) is 6.79. The summed E-state index contributed by atoms with van der Waals surface area (Å²) in [5, 5.41) is 27.1. The zero-order chi connectivity index (χ0) is 25.4. The van der Waals surface area contributed by atoms with Gasteiger partial charge in [0.1, 0.15) is 5.60 Å². The molecule has 35 heavy (non-hydrogen) atoms. The first kappa shape index (κ1) is 24.8. The van der Waals surface area contributed by atoms with Gasteiger partial charge in [0.2, 0.25) is 0 Å². The normalized spacial score (nSPS) is 17.6. The van der Waals surface area contributed by atoms with Gasteiger partial charge < -0.3 is 24.4 Å². The second-order valence-electron chi connectivity index (χ2n) is 10.3. The van der Waals surface area contributed by atoms with Crippen LogP contribution in [0.25, 0.3) is 0 Å². The molecule has 11 heteroatoms. The molecule has 0 radical (unpaired) electrons. The number of methoxy groups -OCH3 is 1. The molecule has 2 aliphatic heterocycles. The molecule has 1 aromatic heterocycles. The van der Waals surface area contributed by atoms with Gasteiger partial charge in [0.15, 0.2) is 5.75 Å². The number of ether oxygens (including phenoxy) is 2. The highest BCUT2D eigenvalue weighted by molar-refractivity contribution is 5.68. The van der Waals surface area contributed by atoms with Crippen LogP contribution in [0.2, 0.25) is 0 Å². The van der Waals surface area contributed by atoms with Crippen molar-refractivity contribution in [1.29, 1.82) is 0 Å². The zero-order valence-electron chi connectivity index (χ0n) is 20.7. The molecule has 2 aliphatic rings. The number of nitro groups is 1. The standard InChI is InChI=1S/C24H33N5O6/c1-23(2,3)35-22(30)27-11-12-28-19(16-27)13-17(25-28)15-24(31)7-9-26(10-8-24)18-5-6-20(29(32)33)21(14-18)34-4/h5-6,13-14,31H,7-12,15-16H2,1-4H3. The minimum Gasteiger partial charge on any atom is -0.490 e. The molecule has 0 spiro atoms. The third-order valence-electron chi connectivity index (χ3n) is 6.43. The van der Waals surface area contributed by atoms with E-state index in [0.29, 0.717) is 52.0 Å². The van der Waals surface area contributed by atoms with Crippen LogP contribution >= 0.6 is 0 Å². The maximum Gasteiger partial charge on any atom is 0.410 e. The monoisotopic (exact) mass is 487 g/mol. The van der Waals surface area contributed by atoms with Gasteiger partial charge in [-0.05, 0) is 45.7 Å². The first-order chi connectivity index (χ1) is 16.5. The van der Waals surface area contributed by atoms with Crippen molar-refractivity contribution in [3.05, 3.63) is 45.8 Å². The average Bonchev–Trinajstić information content (AvgIpc) is 3.18. The van der Waals surface area contributed by atoms with Gasteiger partial charge in [-0.1, -0.05) is 0 Å². The molecule has 1 amide bonds. The first-order valence-electron chi connectivity index (χ1n) is 11.8. The Balaban J connectivity index is 1.37. The molecule has 1 saturated heterocycles. The molecule has 1 N–H and O–H groups in total. The van der Waals surface area contributed by atoms with Crippen molar-refractivity contribution >= 4 is 17.5 Å². The van der Waals surface area contributed by atoms with E-state index < -0.39 is 16.1 Å². The summed E-state index contributed by atoms with van der Waals surface area (Å²) in [6.45, 7) is 8.30. The molecule has 4 rings (SSSR count). The number of aliphatic hydroxyl groups is 1. The number of hydrogen-bond acceptors (Lipinski definition) is 8. The number of amides is 1. The molecule has 0 bridgehead atoms. The van der Waals surface area contributed by atoms with Gasteiger partial charge in [-0.3, -0.25) is 14.8 Å². The van der Waals surface area contributed by atoms with E-state index >= 15 is 0 Å². The van der Waals surface area contributed by atoms with Crippen LogP contribution in [-0.2, 0) is 24.2 Å². The van der Waals surface area contributed by atoms with E-state index in [1.807, 2.05) is 31.5 Å². The van der Waals surface area contributed by atoms with Crippen molar-refractivity contribution in [2.45, 2.75) is 64.3 Å².